The lowest BCUT2D eigenvalue weighted by Crippen LogP contribution is -2.29. The third kappa shape index (κ3) is 0.850. The third-order valence-corrected chi connectivity index (χ3v) is 0.581. The van der Waals surface area contributed by atoms with Crippen molar-refractivity contribution in [3.8, 4) is 0 Å². The summed E-state index contributed by atoms with van der Waals surface area (Å²) in [5.41, 5.74) is 1.97. The Bertz CT molecular complexity index is 141. The summed E-state index contributed by atoms with van der Waals surface area (Å²) < 4.78 is 0. The van der Waals surface area contributed by atoms with E-state index in [1.807, 2.05) is 5.53 Å². The highest BCUT2D eigenvalue weighted by atomic mass is 16.6. The maximum absolute atomic E-state index is 10.1. The number of hydrazine groups is 1. The van der Waals surface area contributed by atoms with E-state index in [1.165, 1.54) is 0 Å². The van der Waals surface area contributed by atoms with Crippen LogP contribution in [0, 0.1) is 5.21 Å². The Kier molecular flexibility index (Phi) is 1.01. The van der Waals surface area contributed by atoms with Crippen molar-refractivity contribution in [1.29, 1.82) is 0 Å². The molecule has 0 atom stereocenters. The summed E-state index contributed by atoms with van der Waals surface area (Å²) in [4.78, 5) is 0.284. The molecule has 0 aromatic carbocycles. The van der Waals surface area contributed by atoms with Crippen molar-refractivity contribution in [2.24, 2.45) is 5.22 Å². The van der Waals surface area contributed by atoms with Crippen molar-refractivity contribution in [1.82, 2.24) is 10.7 Å². The molecule has 8 heavy (non-hydrogen) atoms. The average Bonchev–Trinajstić information content (AvgIpc) is 1.77. The summed E-state index contributed by atoms with van der Waals surface area (Å²) in [6.45, 7) is 0. The van der Waals surface area contributed by atoms with Crippen LogP contribution in [0.5, 0.6) is 0 Å². The van der Waals surface area contributed by atoms with Crippen molar-refractivity contribution >= 4 is 0 Å². The molecule has 1 heterocycles. The van der Waals surface area contributed by atoms with Gasteiger partial charge in [0.05, 0.1) is 0 Å². The molecular weight excluding hydrogens is 112 g/mol. The predicted octanol–water partition coefficient (Wildman–Crippen LogP) is -0.456. The van der Waals surface area contributed by atoms with Gasteiger partial charge in [0.2, 0.25) is 0 Å². The van der Waals surface area contributed by atoms with Gasteiger partial charge in [-0.2, -0.15) is 0 Å². The quantitative estimate of drug-likeness (QED) is 0.332. The van der Waals surface area contributed by atoms with Crippen LogP contribution in [0.1, 0.15) is 0 Å². The number of rotatable bonds is 0. The number of hydroxylamine groups is 2. The van der Waals surface area contributed by atoms with Crippen LogP contribution in [0.3, 0.4) is 0 Å². The van der Waals surface area contributed by atoms with E-state index in [-0.39, 0.29) is 4.86 Å². The second-order valence-electron chi connectivity index (χ2n) is 1.15. The zero-order valence-electron chi connectivity index (χ0n) is 3.85. The largest absolute Gasteiger partial charge is 0.691 e. The van der Waals surface area contributed by atoms with Crippen LogP contribution in [0.2, 0.25) is 0 Å². The van der Waals surface area contributed by atoms with Gasteiger partial charge >= 0.3 is 0 Å². The van der Waals surface area contributed by atoms with E-state index in [4.69, 9.17) is 5.21 Å². The number of nitrogens with one attached hydrogen (secondary N) is 1. The molecule has 44 valence electrons. The summed E-state index contributed by atoms with van der Waals surface area (Å²) >= 11 is 0. The lowest BCUT2D eigenvalue weighted by atomic mass is 10.9. The molecule has 1 aliphatic rings. The number of hydrogen-bond donors (Lipinski definition) is 2. The standard InChI is InChI=1S/C2H4N4O2/c7-5-1-2-6(8)4-3-5/h1-3,7H. The van der Waals surface area contributed by atoms with Gasteiger partial charge in [-0.05, 0) is 0 Å². The lowest BCUT2D eigenvalue weighted by Gasteiger charge is -2.08. The van der Waals surface area contributed by atoms with Gasteiger partial charge in [0.1, 0.15) is 17.6 Å². The summed E-state index contributed by atoms with van der Waals surface area (Å²) in [6, 6.07) is 0. The van der Waals surface area contributed by atoms with Gasteiger partial charge in [0, 0.05) is 0 Å². The van der Waals surface area contributed by atoms with E-state index < -0.39 is 0 Å². The first-order chi connectivity index (χ1) is 3.79. The first kappa shape index (κ1) is 4.85. The Morgan fingerprint density at radius 1 is 1.88 bits per heavy atom. The smallest absolute Gasteiger partial charge is 0.141 e. The van der Waals surface area contributed by atoms with Crippen molar-refractivity contribution in [2.45, 2.75) is 0 Å². The van der Waals surface area contributed by atoms with Gasteiger partial charge < -0.3 is 5.21 Å². The Morgan fingerprint density at radius 2 is 2.62 bits per heavy atom. The van der Waals surface area contributed by atoms with E-state index in [9.17, 15) is 5.21 Å². The highest BCUT2D eigenvalue weighted by Gasteiger charge is 1.99. The summed E-state index contributed by atoms with van der Waals surface area (Å²) in [7, 11) is 0. The molecule has 0 saturated heterocycles. The van der Waals surface area contributed by atoms with Crippen LogP contribution >= 0.6 is 0 Å². The molecule has 0 aliphatic carbocycles. The summed E-state index contributed by atoms with van der Waals surface area (Å²) in [6.07, 6.45) is 2.18. The molecule has 6 heteroatoms. The van der Waals surface area contributed by atoms with E-state index in [0.29, 0.717) is 5.17 Å². The molecule has 0 fully saturated rings. The van der Waals surface area contributed by atoms with E-state index in [2.05, 4.69) is 5.22 Å². The zero-order chi connectivity index (χ0) is 5.98. The Hall–Kier alpha value is -1.30. The number of hydrogen-bond acceptors (Lipinski definition) is 5. The Morgan fingerprint density at radius 3 is 3.00 bits per heavy atom. The topological polar surface area (TPSA) is 73.9 Å². The van der Waals surface area contributed by atoms with Crippen LogP contribution in [-0.4, -0.2) is 15.2 Å². The van der Waals surface area contributed by atoms with Crippen LogP contribution < -0.4 is 5.53 Å². The van der Waals surface area contributed by atoms with Crippen molar-refractivity contribution in [2.75, 3.05) is 0 Å². The number of nitrogens with zero attached hydrogens (tertiary/aromatic N) is 3. The minimum absolute atomic E-state index is 0.284. The fourth-order valence-corrected chi connectivity index (χ4v) is 0.277. The van der Waals surface area contributed by atoms with Gasteiger partial charge in [0.15, 0.2) is 0 Å². The third-order valence-electron chi connectivity index (χ3n) is 0.581. The van der Waals surface area contributed by atoms with Crippen LogP contribution in [0.15, 0.2) is 17.6 Å². The van der Waals surface area contributed by atoms with Crippen molar-refractivity contribution in [3.63, 3.8) is 0 Å². The van der Waals surface area contributed by atoms with Gasteiger partial charge in [-0.25, -0.2) is 0 Å². The predicted molar refractivity (Wildman–Crippen MR) is 22.0 cm³/mol. The van der Waals surface area contributed by atoms with E-state index in [0.717, 1.165) is 12.4 Å². The van der Waals surface area contributed by atoms with Crippen LogP contribution in [0.4, 0.5) is 0 Å². The van der Waals surface area contributed by atoms with Crippen LogP contribution in [0.25, 0.3) is 0 Å². The first-order valence-corrected chi connectivity index (χ1v) is 1.88. The monoisotopic (exact) mass is 116 g/mol. The molecule has 0 spiro atoms. The van der Waals surface area contributed by atoms with Gasteiger partial charge in [-0.1, -0.05) is 10.7 Å². The highest BCUT2D eigenvalue weighted by molar-refractivity contribution is 4.65. The molecule has 1 aliphatic heterocycles. The lowest BCUT2D eigenvalue weighted by molar-refractivity contribution is -0.481. The SMILES string of the molecule is [O-][N+]1=NNN(O)C=C1. The maximum Gasteiger partial charge on any atom is 0.141 e. The highest BCUT2D eigenvalue weighted by Crippen LogP contribution is 1.86. The second-order valence-corrected chi connectivity index (χ2v) is 1.15. The van der Waals surface area contributed by atoms with Gasteiger partial charge in [-0.15, -0.1) is 4.86 Å². The Labute approximate surface area is 44.8 Å². The minimum atomic E-state index is 0.284. The summed E-state index contributed by atoms with van der Waals surface area (Å²) in [5.74, 6) is 0. The molecular formula is C2H4N4O2. The second kappa shape index (κ2) is 1.66. The molecule has 0 aromatic heterocycles. The van der Waals surface area contributed by atoms with E-state index in [1.54, 1.807) is 0 Å². The summed E-state index contributed by atoms with van der Waals surface area (Å²) in [5, 5.41) is 22.1. The normalized spacial score (nSPS) is 17.6. The average molecular weight is 116 g/mol. The fraction of sp³-hybridized carbons (Fsp3) is 0. The molecule has 0 saturated carbocycles. The Balaban J connectivity index is 2.58. The van der Waals surface area contributed by atoms with E-state index >= 15 is 0 Å². The van der Waals surface area contributed by atoms with Crippen LogP contribution in [-0.2, 0) is 0 Å². The molecule has 6 nitrogen and oxygen atoms in total. The van der Waals surface area contributed by atoms with Crippen molar-refractivity contribution in [3.05, 3.63) is 17.6 Å². The maximum atomic E-state index is 10.1. The first-order valence-electron chi connectivity index (χ1n) is 1.88. The molecule has 1 rings (SSSR count). The minimum Gasteiger partial charge on any atom is -0.691 e. The molecule has 2 N–H and O–H groups in total. The van der Waals surface area contributed by atoms with Crippen molar-refractivity contribution < 1.29 is 10.1 Å². The molecule has 0 radical (unpaired) electrons. The zero-order valence-corrected chi connectivity index (χ0v) is 3.85. The molecule has 0 unspecified atom stereocenters. The molecule has 0 amide bonds. The molecule has 0 aromatic rings. The van der Waals surface area contributed by atoms with Gasteiger partial charge in [0.25, 0.3) is 0 Å². The molecule has 0 bridgehead atoms. The van der Waals surface area contributed by atoms with Gasteiger partial charge in [-0.3, -0.25) is 5.21 Å². The fourth-order valence-electron chi connectivity index (χ4n) is 0.277.